The molecule has 1 rings (SSSR count). The molecule has 0 heterocycles. The minimum absolute atomic E-state index is 0.0547. The Hall–Kier alpha value is 0.200. The molecule has 0 N–H and O–H groups in total. The van der Waals surface area contributed by atoms with Crippen molar-refractivity contribution in [1.29, 1.82) is 0 Å². The Morgan fingerprint density at radius 1 is 1.00 bits per heavy atom. The lowest BCUT2D eigenvalue weighted by Gasteiger charge is -2.08. The lowest BCUT2D eigenvalue weighted by molar-refractivity contribution is 0.0393. The third-order valence-corrected chi connectivity index (χ3v) is 3.69. The molecule has 1 unspecified atom stereocenters. The highest BCUT2D eigenvalue weighted by atomic mass is 79.9. The Morgan fingerprint density at radius 3 is 2.35 bits per heavy atom. The molecule has 0 amide bonds. The van der Waals surface area contributed by atoms with Crippen LogP contribution in [-0.2, 0) is 16.1 Å². The third kappa shape index (κ3) is 7.84. The van der Waals surface area contributed by atoms with Crippen molar-refractivity contribution in [2.45, 2.75) is 32.3 Å². The monoisotopic (exact) mass is 386 g/mol. The van der Waals surface area contributed by atoms with Gasteiger partial charge in [-0.15, -0.1) is 0 Å². The van der Waals surface area contributed by atoms with Crippen molar-refractivity contribution in [1.82, 2.24) is 0 Å². The summed E-state index contributed by atoms with van der Waals surface area (Å²) in [5.41, 5.74) is 0.0547. The van der Waals surface area contributed by atoms with Crippen molar-refractivity contribution >= 4 is 39.1 Å². The van der Waals surface area contributed by atoms with Crippen molar-refractivity contribution in [2.24, 2.45) is 0 Å². The van der Waals surface area contributed by atoms with Crippen LogP contribution in [0.25, 0.3) is 0 Å². The SMILES string of the molecule is [2H]c1c([2H])c(Cl)c(C([2H])OCCOCCCCCCBr)c(Cl)c1[2H]. The van der Waals surface area contributed by atoms with E-state index in [9.17, 15) is 0 Å². The molecule has 1 aromatic rings. The number of unbranched alkanes of at least 4 members (excludes halogenated alkanes) is 3. The highest BCUT2D eigenvalue weighted by Gasteiger charge is 2.04. The van der Waals surface area contributed by atoms with Gasteiger partial charge in [0.1, 0.15) is 0 Å². The fourth-order valence-electron chi connectivity index (χ4n) is 1.48. The first-order valence-corrected chi connectivity index (χ1v) is 8.41. The topological polar surface area (TPSA) is 18.5 Å². The van der Waals surface area contributed by atoms with Gasteiger partial charge in [-0.25, -0.2) is 0 Å². The summed E-state index contributed by atoms with van der Waals surface area (Å²) in [6.45, 7) is -0.0368. The maximum Gasteiger partial charge on any atom is 0.0747 e. The fourth-order valence-corrected chi connectivity index (χ4v) is 2.30. The van der Waals surface area contributed by atoms with Gasteiger partial charge >= 0.3 is 0 Å². The zero-order chi connectivity index (χ0) is 18.1. The average molecular weight is 388 g/mol. The van der Waals surface area contributed by atoms with E-state index in [1.807, 2.05) is 0 Å². The van der Waals surface area contributed by atoms with Crippen molar-refractivity contribution in [2.75, 3.05) is 25.2 Å². The van der Waals surface area contributed by atoms with Gasteiger partial charge in [0, 0.05) is 27.5 Å². The molecule has 5 heteroatoms. The van der Waals surface area contributed by atoms with E-state index in [-0.39, 0.29) is 40.3 Å². The standard InChI is InChI=1S/C15H21BrCl2O2/c16-8-3-1-2-4-9-19-10-11-20-12-13-14(17)6-5-7-15(13)18/h5-7H,1-4,8-12H2/i5D,6D,7D,12D. The molecule has 0 radical (unpaired) electrons. The number of alkyl halides is 1. The minimum atomic E-state index is -1.22. The van der Waals surface area contributed by atoms with Gasteiger partial charge in [-0.05, 0) is 24.9 Å². The molecule has 0 saturated carbocycles. The highest BCUT2D eigenvalue weighted by molar-refractivity contribution is 9.09. The molecule has 20 heavy (non-hydrogen) atoms. The summed E-state index contributed by atoms with van der Waals surface area (Å²) < 4.78 is 41.7. The number of hydrogen-bond acceptors (Lipinski definition) is 2. The molecule has 0 aromatic heterocycles. The summed E-state index contributed by atoms with van der Waals surface area (Å²) in [5.74, 6) is 0. The molecule has 1 atom stereocenters. The maximum absolute atomic E-state index is 7.97. The normalized spacial score (nSPS) is 15.3. The van der Waals surface area contributed by atoms with Crippen molar-refractivity contribution in [3.63, 3.8) is 0 Å². The van der Waals surface area contributed by atoms with E-state index in [2.05, 4.69) is 15.9 Å². The Morgan fingerprint density at radius 2 is 1.65 bits per heavy atom. The Labute approximate surface area is 145 Å². The minimum Gasteiger partial charge on any atom is -0.379 e. The summed E-state index contributed by atoms with van der Waals surface area (Å²) in [5, 5.41) is 0.793. The van der Waals surface area contributed by atoms with Gasteiger partial charge in [0.25, 0.3) is 0 Å². The quantitative estimate of drug-likeness (QED) is 0.369. The van der Waals surface area contributed by atoms with E-state index >= 15 is 0 Å². The van der Waals surface area contributed by atoms with Crippen molar-refractivity contribution in [3.05, 3.63) is 33.7 Å². The first-order valence-electron chi connectivity index (χ1n) is 8.61. The van der Waals surface area contributed by atoms with Gasteiger partial charge in [-0.3, -0.25) is 0 Å². The second-order valence-electron chi connectivity index (χ2n) is 4.12. The van der Waals surface area contributed by atoms with Crippen LogP contribution in [0.2, 0.25) is 10.0 Å². The smallest absolute Gasteiger partial charge is 0.0747 e. The summed E-state index contributed by atoms with van der Waals surface area (Å²) in [6.07, 6.45) is 4.45. The first-order chi connectivity index (χ1) is 11.4. The van der Waals surface area contributed by atoms with Gasteiger partial charge in [0.2, 0.25) is 0 Å². The molecule has 0 spiro atoms. The molecule has 0 fully saturated rings. The molecule has 0 saturated heterocycles. The van der Waals surface area contributed by atoms with E-state index in [1.165, 1.54) is 6.42 Å². The number of benzene rings is 1. The zero-order valence-electron chi connectivity index (χ0n) is 15.2. The predicted octanol–water partition coefficient (Wildman–Crippen LogP) is 5.48. The molecule has 0 aliphatic rings. The van der Waals surface area contributed by atoms with Gasteiger partial charge in [-0.2, -0.15) is 0 Å². The van der Waals surface area contributed by atoms with Crippen LogP contribution in [0.3, 0.4) is 0 Å². The number of halogens is 3. The van der Waals surface area contributed by atoms with Crippen LogP contribution in [0.15, 0.2) is 18.1 Å². The maximum atomic E-state index is 7.97. The van der Waals surface area contributed by atoms with Crippen LogP contribution in [-0.4, -0.2) is 25.2 Å². The zero-order valence-corrected chi connectivity index (χ0v) is 14.3. The van der Waals surface area contributed by atoms with Gasteiger partial charge < -0.3 is 9.47 Å². The summed E-state index contributed by atoms with van der Waals surface area (Å²) in [7, 11) is 0. The lowest BCUT2D eigenvalue weighted by atomic mass is 10.2. The Bertz CT molecular complexity index is 506. The number of rotatable bonds is 11. The first kappa shape index (κ1) is 12.7. The largest absolute Gasteiger partial charge is 0.379 e. The highest BCUT2D eigenvalue weighted by Crippen LogP contribution is 2.24. The Balaban J connectivity index is 2.40. The molecule has 2 nitrogen and oxygen atoms in total. The van der Waals surface area contributed by atoms with E-state index in [4.69, 9.17) is 38.2 Å². The van der Waals surface area contributed by atoms with Crippen molar-refractivity contribution in [3.8, 4) is 0 Å². The van der Waals surface area contributed by atoms with E-state index in [0.717, 1.165) is 24.6 Å². The van der Waals surface area contributed by atoms with Gasteiger partial charge in [-0.1, -0.05) is 58.0 Å². The lowest BCUT2D eigenvalue weighted by Crippen LogP contribution is -2.06. The van der Waals surface area contributed by atoms with Crippen LogP contribution in [0.1, 0.15) is 36.7 Å². The van der Waals surface area contributed by atoms with E-state index in [1.54, 1.807) is 0 Å². The Kier molecular flexibility index (Phi) is 7.51. The van der Waals surface area contributed by atoms with Crippen molar-refractivity contribution < 1.29 is 15.0 Å². The summed E-state index contributed by atoms with van der Waals surface area (Å²) in [6, 6.07) is -0.993. The summed E-state index contributed by atoms with van der Waals surface area (Å²) >= 11 is 15.4. The molecule has 0 aliphatic carbocycles. The second-order valence-corrected chi connectivity index (χ2v) is 5.67. The average Bonchev–Trinajstić information content (AvgIpc) is 2.57. The van der Waals surface area contributed by atoms with Crippen LogP contribution < -0.4 is 0 Å². The number of ether oxygens (including phenoxy) is 2. The summed E-state index contributed by atoms with van der Waals surface area (Å²) in [4.78, 5) is 0. The second kappa shape index (κ2) is 11.8. The molecule has 114 valence electrons. The van der Waals surface area contributed by atoms with E-state index in [0.29, 0.717) is 13.2 Å². The molecular weight excluding hydrogens is 363 g/mol. The van der Waals surface area contributed by atoms with Crippen LogP contribution >= 0.6 is 39.1 Å². The van der Waals surface area contributed by atoms with Crippen LogP contribution in [0.5, 0.6) is 0 Å². The third-order valence-electron chi connectivity index (χ3n) is 2.54. The molecular formula is C15H21BrCl2O2. The van der Waals surface area contributed by atoms with Gasteiger partial charge in [0.05, 0.1) is 25.3 Å². The predicted molar refractivity (Wildman–Crippen MR) is 89.2 cm³/mol. The molecule has 1 aromatic carbocycles. The number of hydrogen-bond donors (Lipinski definition) is 0. The van der Waals surface area contributed by atoms with E-state index < -0.39 is 6.58 Å². The molecule has 0 aliphatic heterocycles. The molecule has 0 bridgehead atoms. The van der Waals surface area contributed by atoms with Crippen LogP contribution in [0, 0.1) is 0 Å². The fraction of sp³-hybridized carbons (Fsp3) is 0.600. The van der Waals surface area contributed by atoms with Gasteiger partial charge in [0.15, 0.2) is 0 Å². The van der Waals surface area contributed by atoms with Crippen LogP contribution in [0.4, 0.5) is 0 Å².